The van der Waals surface area contributed by atoms with E-state index < -0.39 is 6.10 Å². The molecule has 0 spiro atoms. The van der Waals surface area contributed by atoms with Crippen molar-refractivity contribution < 1.29 is 13.9 Å². The number of piperazine rings is 1. The molecule has 1 amide bonds. The quantitative estimate of drug-likeness (QED) is 0.796. The van der Waals surface area contributed by atoms with Gasteiger partial charge in [0.2, 0.25) is 0 Å². The van der Waals surface area contributed by atoms with Crippen LogP contribution >= 0.6 is 0 Å². The van der Waals surface area contributed by atoms with E-state index in [4.69, 9.17) is 4.74 Å². The van der Waals surface area contributed by atoms with Crippen LogP contribution in [0.25, 0.3) is 0 Å². The molecule has 144 valence electrons. The molecule has 5 heteroatoms. The number of carbonyl (C=O) groups is 1. The number of hydrogen-bond acceptors (Lipinski definition) is 3. The van der Waals surface area contributed by atoms with Gasteiger partial charge in [-0.2, -0.15) is 0 Å². The third-order valence-corrected chi connectivity index (χ3v) is 4.98. The van der Waals surface area contributed by atoms with Crippen LogP contribution < -0.4 is 9.64 Å². The van der Waals surface area contributed by atoms with Crippen molar-refractivity contribution in [1.82, 2.24) is 4.90 Å². The van der Waals surface area contributed by atoms with Crippen LogP contribution in [0.2, 0.25) is 0 Å². The van der Waals surface area contributed by atoms with Gasteiger partial charge in [0.1, 0.15) is 11.6 Å². The van der Waals surface area contributed by atoms with Crippen LogP contribution in [-0.4, -0.2) is 43.1 Å². The predicted octanol–water partition coefficient (Wildman–Crippen LogP) is 4.07. The van der Waals surface area contributed by atoms with Crippen molar-refractivity contribution in [3.8, 4) is 5.75 Å². The van der Waals surface area contributed by atoms with Gasteiger partial charge in [0.15, 0.2) is 6.10 Å². The summed E-state index contributed by atoms with van der Waals surface area (Å²) >= 11 is 0. The van der Waals surface area contributed by atoms with Crippen molar-refractivity contribution >= 4 is 11.6 Å². The van der Waals surface area contributed by atoms with E-state index in [-0.39, 0.29) is 11.7 Å². The second-order valence-electron chi connectivity index (χ2n) is 7.24. The van der Waals surface area contributed by atoms with E-state index in [1.165, 1.54) is 12.1 Å². The van der Waals surface area contributed by atoms with Gasteiger partial charge in [-0.05, 0) is 48.7 Å². The molecular weight excluding hydrogens is 343 g/mol. The molecule has 2 aromatic rings. The first-order valence-corrected chi connectivity index (χ1v) is 9.50. The Morgan fingerprint density at radius 2 is 1.59 bits per heavy atom. The molecule has 1 fully saturated rings. The highest BCUT2D eigenvalue weighted by Crippen LogP contribution is 2.27. The first-order valence-electron chi connectivity index (χ1n) is 9.50. The Kier molecular flexibility index (Phi) is 5.99. The zero-order valence-corrected chi connectivity index (χ0v) is 16.2. The smallest absolute Gasteiger partial charge is 0.263 e. The highest BCUT2D eigenvalue weighted by Gasteiger charge is 2.26. The Morgan fingerprint density at radius 3 is 2.22 bits per heavy atom. The maximum absolute atomic E-state index is 13.1. The Labute approximate surface area is 160 Å². The molecule has 0 aromatic heterocycles. The molecule has 4 nitrogen and oxygen atoms in total. The number of hydrogen-bond donors (Lipinski definition) is 0. The topological polar surface area (TPSA) is 32.8 Å². The minimum Gasteiger partial charge on any atom is -0.481 e. The van der Waals surface area contributed by atoms with Crippen molar-refractivity contribution in [2.75, 3.05) is 31.1 Å². The number of amides is 1. The first kappa shape index (κ1) is 19.2. The van der Waals surface area contributed by atoms with Crippen LogP contribution in [-0.2, 0) is 4.79 Å². The van der Waals surface area contributed by atoms with Gasteiger partial charge in [0.05, 0.1) is 0 Å². The average Bonchev–Trinajstić information content (AvgIpc) is 2.68. The van der Waals surface area contributed by atoms with Gasteiger partial charge in [-0.3, -0.25) is 4.79 Å². The number of ether oxygens (including phenoxy) is 1. The van der Waals surface area contributed by atoms with Crippen molar-refractivity contribution in [3.05, 3.63) is 59.9 Å². The molecule has 0 bridgehead atoms. The summed E-state index contributed by atoms with van der Waals surface area (Å²) in [4.78, 5) is 16.8. The third kappa shape index (κ3) is 4.59. The molecule has 0 N–H and O–H groups in total. The number of benzene rings is 2. The molecule has 0 radical (unpaired) electrons. The van der Waals surface area contributed by atoms with Gasteiger partial charge in [-0.1, -0.05) is 32.0 Å². The number of para-hydroxylation sites is 1. The molecule has 2 aromatic carbocycles. The van der Waals surface area contributed by atoms with Crippen molar-refractivity contribution in [1.29, 1.82) is 0 Å². The zero-order valence-electron chi connectivity index (χ0n) is 16.2. The zero-order chi connectivity index (χ0) is 19.4. The van der Waals surface area contributed by atoms with E-state index in [1.54, 1.807) is 12.1 Å². The molecule has 27 heavy (non-hydrogen) atoms. The molecule has 1 saturated heterocycles. The molecular formula is C22H27FN2O2. The molecule has 1 aliphatic heterocycles. The van der Waals surface area contributed by atoms with Crippen LogP contribution in [0.4, 0.5) is 10.1 Å². The van der Waals surface area contributed by atoms with Crippen molar-refractivity contribution in [2.24, 2.45) is 0 Å². The summed E-state index contributed by atoms with van der Waals surface area (Å²) in [5.41, 5.74) is 2.09. The van der Waals surface area contributed by atoms with Crippen LogP contribution in [0.3, 0.4) is 0 Å². The minimum absolute atomic E-state index is 0.00677. The summed E-state index contributed by atoms with van der Waals surface area (Å²) in [5, 5.41) is 0. The highest BCUT2D eigenvalue weighted by molar-refractivity contribution is 5.81. The van der Waals surface area contributed by atoms with E-state index in [2.05, 4.69) is 18.7 Å². The summed E-state index contributed by atoms with van der Waals surface area (Å²) in [7, 11) is 0. The maximum Gasteiger partial charge on any atom is 0.263 e. The average molecular weight is 370 g/mol. The molecule has 0 aliphatic carbocycles. The molecule has 1 unspecified atom stereocenters. The summed E-state index contributed by atoms with van der Waals surface area (Å²) in [6.07, 6.45) is -0.526. The second kappa shape index (κ2) is 8.42. The van der Waals surface area contributed by atoms with Gasteiger partial charge < -0.3 is 14.5 Å². The first-order chi connectivity index (χ1) is 13.0. The Bertz CT molecular complexity index is 768. The van der Waals surface area contributed by atoms with Gasteiger partial charge in [0, 0.05) is 31.9 Å². The standard InChI is InChI=1S/C22H27FN2O2/c1-16(2)20-6-4-5-7-21(20)27-17(3)22(26)25-14-12-24(13-15-25)19-10-8-18(23)9-11-19/h4-11,16-17H,12-15H2,1-3H3. The highest BCUT2D eigenvalue weighted by atomic mass is 19.1. The molecule has 1 heterocycles. The third-order valence-electron chi connectivity index (χ3n) is 4.98. The minimum atomic E-state index is -0.526. The van der Waals surface area contributed by atoms with Gasteiger partial charge in [-0.15, -0.1) is 0 Å². The summed E-state index contributed by atoms with van der Waals surface area (Å²) < 4.78 is 19.1. The number of anilines is 1. The molecule has 0 saturated carbocycles. The molecule has 1 atom stereocenters. The largest absolute Gasteiger partial charge is 0.481 e. The second-order valence-corrected chi connectivity index (χ2v) is 7.24. The monoisotopic (exact) mass is 370 g/mol. The Morgan fingerprint density at radius 1 is 0.963 bits per heavy atom. The van der Waals surface area contributed by atoms with E-state index in [0.29, 0.717) is 19.0 Å². The van der Waals surface area contributed by atoms with Crippen LogP contribution in [0, 0.1) is 5.82 Å². The van der Waals surface area contributed by atoms with E-state index in [9.17, 15) is 9.18 Å². The number of rotatable bonds is 5. The van der Waals surface area contributed by atoms with E-state index >= 15 is 0 Å². The summed E-state index contributed by atoms with van der Waals surface area (Å²) in [6.45, 7) is 8.77. The summed E-state index contributed by atoms with van der Waals surface area (Å²) in [5.74, 6) is 0.883. The number of nitrogens with zero attached hydrogens (tertiary/aromatic N) is 2. The fourth-order valence-corrected chi connectivity index (χ4v) is 3.40. The van der Waals surface area contributed by atoms with Gasteiger partial charge in [-0.25, -0.2) is 4.39 Å². The fourth-order valence-electron chi connectivity index (χ4n) is 3.40. The number of carbonyl (C=O) groups excluding carboxylic acids is 1. The molecule has 1 aliphatic rings. The SMILES string of the molecule is CC(Oc1ccccc1C(C)C)C(=O)N1CCN(c2ccc(F)cc2)CC1. The van der Waals surface area contributed by atoms with Crippen molar-refractivity contribution in [2.45, 2.75) is 32.8 Å². The Hall–Kier alpha value is -2.56. The number of halogens is 1. The normalized spacial score (nSPS) is 15.7. The lowest BCUT2D eigenvalue weighted by atomic mass is 10.0. The Balaban J connectivity index is 1.58. The fraction of sp³-hybridized carbons (Fsp3) is 0.409. The van der Waals surface area contributed by atoms with Gasteiger partial charge in [0.25, 0.3) is 5.91 Å². The maximum atomic E-state index is 13.1. The van der Waals surface area contributed by atoms with E-state index in [1.807, 2.05) is 36.1 Å². The predicted molar refractivity (Wildman–Crippen MR) is 106 cm³/mol. The van der Waals surface area contributed by atoms with Crippen LogP contribution in [0.15, 0.2) is 48.5 Å². The molecule has 3 rings (SSSR count). The van der Waals surface area contributed by atoms with E-state index in [0.717, 1.165) is 30.1 Å². The van der Waals surface area contributed by atoms with Crippen molar-refractivity contribution in [3.63, 3.8) is 0 Å². The van der Waals surface area contributed by atoms with Gasteiger partial charge >= 0.3 is 0 Å². The van der Waals surface area contributed by atoms with Crippen LogP contribution in [0.5, 0.6) is 5.75 Å². The van der Waals surface area contributed by atoms with Crippen LogP contribution in [0.1, 0.15) is 32.3 Å². The lowest BCUT2D eigenvalue weighted by Gasteiger charge is -2.37. The summed E-state index contributed by atoms with van der Waals surface area (Å²) in [6, 6.07) is 14.4. The lowest BCUT2D eigenvalue weighted by molar-refractivity contribution is -0.138. The lowest BCUT2D eigenvalue weighted by Crippen LogP contribution is -2.52.